The van der Waals surface area contributed by atoms with E-state index < -0.39 is 0 Å². The molecule has 0 aliphatic rings. The fraction of sp³-hybridized carbons (Fsp3) is 0.0606. The van der Waals surface area contributed by atoms with Gasteiger partial charge < -0.3 is 14.4 Å². The van der Waals surface area contributed by atoms with Crippen molar-refractivity contribution in [3.05, 3.63) is 127 Å². The van der Waals surface area contributed by atoms with E-state index in [0.29, 0.717) is 0 Å². The van der Waals surface area contributed by atoms with Gasteiger partial charge in [-0.05, 0) is 84.9 Å². The van der Waals surface area contributed by atoms with Crippen LogP contribution < -0.4 is 14.4 Å². The van der Waals surface area contributed by atoms with E-state index in [4.69, 9.17) is 14.5 Å². The van der Waals surface area contributed by atoms with Crippen molar-refractivity contribution in [3.8, 4) is 28.6 Å². The Kier molecular flexibility index (Phi) is 6.24. The maximum absolute atomic E-state index is 5.41. The summed E-state index contributed by atoms with van der Waals surface area (Å²) in [5, 5.41) is 0. The van der Waals surface area contributed by atoms with E-state index >= 15 is 0 Å². The van der Waals surface area contributed by atoms with Crippen molar-refractivity contribution >= 4 is 28.1 Å². The van der Waals surface area contributed by atoms with Crippen molar-refractivity contribution in [2.45, 2.75) is 0 Å². The minimum Gasteiger partial charge on any atom is -0.497 e. The van der Waals surface area contributed by atoms with Crippen molar-refractivity contribution in [1.29, 1.82) is 0 Å². The van der Waals surface area contributed by atoms with Crippen LogP contribution in [-0.2, 0) is 0 Å². The maximum Gasteiger partial charge on any atom is 0.145 e. The fourth-order valence-electron chi connectivity index (χ4n) is 4.75. The summed E-state index contributed by atoms with van der Waals surface area (Å²) in [6.07, 6.45) is 0. The summed E-state index contributed by atoms with van der Waals surface area (Å²) in [6, 6.07) is 43.3. The number of hydrogen-bond donors (Lipinski definition) is 0. The van der Waals surface area contributed by atoms with Crippen molar-refractivity contribution in [3.63, 3.8) is 0 Å². The van der Waals surface area contributed by atoms with Crippen LogP contribution in [0.4, 0.5) is 17.1 Å². The summed E-state index contributed by atoms with van der Waals surface area (Å²) in [6.45, 7) is 0. The molecule has 0 saturated carbocycles. The molecule has 1 aromatic heterocycles. The lowest BCUT2D eigenvalue weighted by molar-refractivity contribution is 0.415. The van der Waals surface area contributed by atoms with Gasteiger partial charge in [0.15, 0.2) is 0 Å². The van der Waals surface area contributed by atoms with E-state index in [9.17, 15) is 0 Å². The predicted molar refractivity (Wildman–Crippen MR) is 154 cm³/mol. The largest absolute Gasteiger partial charge is 0.497 e. The van der Waals surface area contributed by atoms with E-state index in [1.54, 1.807) is 14.2 Å². The monoisotopic (exact) mass is 497 g/mol. The minimum atomic E-state index is 0.814. The van der Waals surface area contributed by atoms with Gasteiger partial charge in [0, 0.05) is 28.3 Å². The molecule has 0 saturated heterocycles. The Balaban J connectivity index is 1.52. The Morgan fingerprint density at radius 3 is 1.82 bits per heavy atom. The Morgan fingerprint density at radius 1 is 0.579 bits per heavy atom. The van der Waals surface area contributed by atoms with E-state index in [2.05, 4.69) is 100 Å². The van der Waals surface area contributed by atoms with Crippen LogP contribution in [0.15, 0.2) is 127 Å². The lowest BCUT2D eigenvalue weighted by Gasteiger charge is -2.26. The summed E-state index contributed by atoms with van der Waals surface area (Å²) >= 11 is 0. The number of ether oxygens (including phenoxy) is 2. The zero-order valence-corrected chi connectivity index (χ0v) is 21.3. The highest BCUT2D eigenvalue weighted by atomic mass is 16.5. The number of fused-ring (bicyclic) bond motifs is 1. The van der Waals surface area contributed by atoms with Gasteiger partial charge in [0.05, 0.1) is 25.3 Å². The standard InChI is InChI=1S/C33H27N3O2/c1-37-29-19-15-26(16-20-29)35(27-17-21-30(38-2)22-18-27)28-12-8-9-24(23-28)33-34-31-13-6-7-14-32(31)36(33)25-10-4-3-5-11-25/h3-23H,1-2H3. The summed E-state index contributed by atoms with van der Waals surface area (Å²) in [7, 11) is 3.36. The lowest BCUT2D eigenvalue weighted by Crippen LogP contribution is -2.10. The van der Waals surface area contributed by atoms with Gasteiger partial charge >= 0.3 is 0 Å². The molecule has 38 heavy (non-hydrogen) atoms. The molecule has 0 unspecified atom stereocenters. The van der Waals surface area contributed by atoms with Crippen LogP contribution >= 0.6 is 0 Å². The molecule has 5 heteroatoms. The first kappa shape index (κ1) is 23.4. The van der Waals surface area contributed by atoms with Crippen molar-refractivity contribution < 1.29 is 9.47 Å². The quantitative estimate of drug-likeness (QED) is 0.223. The first-order valence-electron chi connectivity index (χ1n) is 12.5. The minimum absolute atomic E-state index is 0.814. The van der Waals surface area contributed by atoms with Crippen molar-refractivity contribution in [2.75, 3.05) is 19.1 Å². The number of nitrogens with zero attached hydrogens (tertiary/aromatic N) is 3. The van der Waals surface area contributed by atoms with Gasteiger partial charge in [-0.3, -0.25) is 4.57 Å². The van der Waals surface area contributed by atoms with Crippen LogP contribution in [0.1, 0.15) is 0 Å². The Hall–Kier alpha value is -5.03. The third-order valence-corrected chi connectivity index (χ3v) is 6.60. The molecule has 1 heterocycles. The molecule has 0 radical (unpaired) electrons. The van der Waals surface area contributed by atoms with Crippen LogP contribution in [0.5, 0.6) is 11.5 Å². The molecular weight excluding hydrogens is 470 g/mol. The maximum atomic E-state index is 5.41. The Morgan fingerprint density at radius 2 is 1.18 bits per heavy atom. The van der Waals surface area contributed by atoms with Crippen LogP contribution in [0.25, 0.3) is 28.1 Å². The summed E-state index contributed by atoms with van der Waals surface area (Å²) < 4.78 is 13.0. The van der Waals surface area contributed by atoms with Gasteiger partial charge in [-0.25, -0.2) is 4.98 Å². The zero-order chi connectivity index (χ0) is 25.9. The third kappa shape index (κ3) is 4.35. The van der Waals surface area contributed by atoms with Crippen molar-refractivity contribution in [2.24, 2.45) is 0 Å². The molecule has 0 fully saturated rings. The van der Waals surface area contributed by atoms with E-state index in [0.717, 1.165) is 56.7 Å². The second-order valence-corrected chi connectivity index (χ2v) is 8.88. The van der Waals surface area contributed by atoms with Gasteiger partial charge in [0.25, 0.3) is 0 Å². The summed E-state index contributed by atoms with van der Waals surface area (Å²) in [5.41, 5.74) is 7.18. The number of benzene rings is 5. The molecule has 0 aliphatic carbocycles. The van der Waals surface area contributed by atoms with Crippen LogP contribution in [0, 0.1) is 0 Å². The molecule has 6 rings (SSSR count). The molecule has 6 aromatic rings. The molecule has 5 aromatic carbocycles. The molecule has 0 spiro atoms. The Labute approximate surface area is 222 Å². The predicted octanol–water partition coefficient (Wildman–Crippen LogP) is 8.18. The van der Waals surface area contributed by atoms with Crippen molar-refractivity contribution in [1.82, 2.24) is 9.55 Å². The lowest BCUT2D eigenvalue weighted by atomic mass is 10.1. The molecule has 0 N–H and O–H groups in total. The average molecular weight is 498 g/mol. The van der Waals surface area contributed by atoms with Gasteiger partial charge in [-0.15, -0.1) is 0 Å². The second-order valence-electron chi connectivity index (χ2n) is 8.88. The number of para-hydroxylation sites is 3. The molecule has 0 amide bonds. The number of hydrogen-bond acceptors (Lipinski definition) is 4. The second kappa shape index (κ2) is 10.1. The number of imidazole rings is 1. The number of anilines is 3. The van der Waals surface area contributed by atoms with Gasteiger partial charge in [-0.2, -0.15) is 0 Å². The fourth-order valence-corrected chi connectivity index (χ4v) is 4.75. The smallest absolute Gasteiger partial charge is 0.145 e. The van der Waals surface area contributed by atoms with E-state index in [1.807, 2.05) is 36.4 Å². The zero-order valence-electron chi connectivity index (χ0n) is 21.3. The Bertz CT molecular complexity index is 1630. The van der Waals surface area contributed by atoms with E-state index in [1.165, 1.54) is 0 Å². The van der Waals surface area contributed by atoms with Crippen LogP contribution in [0.3, 0.4) is 0 Å². The molecule has 186 valence electrons. The highest BCUT2D eigenvalue weighted by molar-refractivity contribution is 5.85. The van der Waals surface area contributed by atoms with Gasteiger partial charge in [0.1, 0.15) is 17.3 Å². The van der Waals surface area contributed by atoms with Crippen LogP contribution in [0.2, 0.25) is 0 Å². The normalized spacial score (nSPS) is 10.9. The summed E-state index contributed by atoms with van der Waals surface area (Å²) in [4.78, 5) is 7.28. The number of aromatic nitrogens is 2. The topological polar surface area (TPSA) is 39.5 Å². The van der Waals surface area contributed by atoms with Crippen LogP contribution in [-0.4, -0.2) is 23.8 Å². The SMILES string of the molecule is COc1ccc(N(c2ccc(OC)cc2)c2cccc(-c3nc4ccccc4n3-c3ccccc3)c2)cc1. The summed E-state index contributed by atoms with van der Waals surface area (Å²) in [5.74, 6) is 2.52. The van der Waals surface area contributed by atoms with E-state index in [-0.39, 0.29) is 0 Å². The molecule has 0 bridgehead atoms. The first-order chi connectivity index (χ1) is 18.7. The molecule has 0 aliphatic heterocycles. The number of rotatable bonds is 7. The molecule has 0 atom stereocenters. The number of methoxy groups -OCH3 is 2. The highest BCUT2D eigenvalue weighted by Crippen LogP contribution is 2.38. The molecule has 5 nitrogen and oxygen atoms in total. The van der Waals surface area contributed by atoms with Gasteiger partial charge in [0.2, 0.25) is 0 Å². The highest BCUT2D eigenvalue weighted by Gasteiger charge is 2.17. The average Bonchev–Trinajstić information content (AvgIpc) is 3.38. The first-order valence-corrected chi connectivity index (χ1v) is 12.5. The molecular formula is C33H27N3O2. The van der Waals surface area contributed by atoms with Gasteiger partial charge in [-0.1, -0.05) is 42.5 Å². The third-order valence-electron chi connectivity index (χ3n) is 6.60.